The van der Waals surface area contributed by atoms with Crippen molar-refractivity contribution in [2.24, 2.45) is 5.92 Å². The molecule has 0 aromatic heterocycles. The number of nitrogens with zero attached hydrogens (tertiary/aromatic N) is 2. The summed E-state index contributed by atoms with van der Waals surface area (Å²) in [4.78, 5) is 2.60. The third kappa shape index (κ3) is 4.68. The minimum atomic E-state index is -3.02. The van der Waals surface area contributed by atoms with Gasteiger partial charge in [-0.15, -0.1) is 0 Å². The van der Waals surface area contributed by atoms with E-state index in [1.54, 1.807) is 4.31 Å². The minimum Gasteiger partial charge on any atom is -0.299 e. The highest BCUT2D eigenvalue weighted by Gasteiger charge is 2.29. The molecule has 2 aliphatic heterocycles. The van der Waals surface area contributed by atoms with Crippen molar-refractivity contribution in [2.75, 3.05) is 37.8 Å². The molecular weight excluding hydrogens is 340 g/mol. The van der Waals surface area contributed by atoms with E-state index in [4.69, 9.17) is 0 Å². The van der Waals surface area contributed by atoms with Crippen LogP contribution in [0, 0.1) is 5.92 Å². The molecular formula is C14H27BrN2O2S. The summed E-state index contributed by atoms with van der Waals surface area (Å²) in [5, 5.41) is 1.04. The monoisotopic (exact) mass is 366 g/mol. The summed E-state index contributed by atoms with van der Waals surface area (Å²) in [5.41, 5.74) is 0. The Bertz CT molecular complexity index is 402. The lowest BCUT2D eigenvalue weighted by Gasteiger charge is -2.36. The molecule has 0 saturated carbocycles. The molecule has 20 heavy (non-hydrogen) atoms. The average Bonchev–Trinajstić information content (AvgIpc) is 2.63. The third-order valence-electron chi connectivity index (χ3n) is 4.62. The van der Waals surface area contributed by atoms with Gasteiger partial charge in [-0.2, -0.15) is 0 Å². The van der Waals surface area contributed by atoms with Crippen LogP contribution in [0.15, 0.2) is 0 Å². The van der Waals surface area contributed by atoms with E-state index < -0.39 is 10.0 Å². The van der Waals surface area contributed by atoms with Gasteiger partial charge in [0, 0.05) is 31.0 Å². The summed E-state index contributed by atoms with van der Waals surface area (Å²) >= 11 is 3.65. The number of hydrogen-bond donors (Lipinski definition) is 0. The zero-order chi connectivity index (χ0) is 14.6. The number of halogens is 1. The molecule has 118 valence electrons. The van der Waals surface area contributed by atoms with E-state index in [0.717, 1.165) is 24.7 Å². The first-order valence-corrected chi connectivity index (χ1v) is 10.7. The molecule has 0 bridgehead atoms. The molecule has 2 heterocycles. The Hall–Kier alpha value is 0.350. The molecule has 2 rings (SSSR count). The van der Waals surface area contributed by atoms with Gasteiger partial charge in [0.2, 0.25) is 10.0 Å². The van der Waals surface area contributed by atoms with Gasteiger partial charge < -0.3 is 0 Å². The van der Waals surface area contributed by atoms with Crippen molar-refractivity contribution in [1.82, 2.24) is 9.21 Å². The predicted molar refractivity (Wildman–Crippen MR) is 86.8 cm³/mol. The van der Waals surface area contributed by atoms with E-state index in [0.29, 0.717) is 25.0 Å². The number of piperidine rings is 1. The summed E-state index contributed by atoms with van der Waals surface area (Å²) in [7, 11) is -3.02. The number of alkyl halides is 1. The second-order valence-corrected chi connectivity index (χ2v) is 8.91. The Morgan fingerprint density at radius 3 is 2.60 bits per heavy atom. The van der Waals surface area contributed by atoms with Crippen LogP contribution < -0.4 is 0 Å². The van der Waals surface area contributed by atoms with Crippen LogP contribution in [0.3, 0.4) is 0 Å². The first kappa shape index (κ1) is 16.7. The van der Waals surface area contributed by atoms with Crippen molar-refractivity contribution in [1.29, 1.82) is 0 Å². The molecule has 0 aliphatic carbocycles. The van der Waals surface area contributed by atoms with Gasteiger partial charge in [0.05, 0.1) is 6.26 Å². The molecule has 6 heteroatoms. The molecule has 2 aliphatic rings. The predicted octanol–water partition coefficient (Wildman–Crippen LogP) is 2.30. The Morgan fingerprint density at radius 2 is 1.90 bits per heavy atom. The van der Waals surface area contributed by atoms with Crippen molar-refractivity contribution in [3.63, 3.8) is 0 Å². The van der Waals surface area contributed by atoms with Crippen molar-refractivity contribution < 1.29 is 8.42 Å². The molecule has 2 atom stereocenters. The van der Waals surface area contributed by atoms with Crippen LogP contribution in [0.1, 0.15) is 38.5 Å². The van der Waals surface area contributed by atoms with Crippen molar-refractivity contribution in [2.45, 2.75) is 44.6 Å². The van der Waals surface area contributed by atoms with E-state index in [1.165, 1.54) is 38.5 Å². The van der Waals surface area contributed by atoms with Gasteiger partial charge >= 0.3 is 0 Å². The van der Waals surface area contributed by atoms with E-state index in [-0.39, 0.29) is 0 Å². The molecule has 2 saturated heterocycles. The van der Waals surface area contributed by atoms with Gasteiger partial charge in [-0.25, -0.2) is 12.7 Å². The topological polar surface area (TPSA) is 40.6 Å². The number of likely N-dealkylation sites (tertiary alicyclic amines) is 1. The zero-order valence-corrected chi connectivity index (χ0v) is 14.8. The molecule has 4 nitrogen and oxygen atoms in total. The van der Waals surface area contributed by atoms with Gasteiger partial charge in [-0.3, -0.25) is 4.90 Å². The lowest BCUT2D eigenvalue weighted by Crippen LogP contribution is -2.46. The summed E-state index contributed by atoms with van der Waals surface area (Å²) < 4.78 is 25.1. The van der Waals surface area contributed by atoms with Crippen molar-refractivity contribution in [3.8, 4) is 0 Å². The van der Waals surface area contributed by atoms with Gasteiger partial charge in [-0.1, -0.05) is 28.8 Å². The average molecular weight is 367 g/mol. The van der Waals surface area contributed by atoms with E-state index in [1.807, 2.05) is 0 Å². The maximum atomic E-state index is 11.7. The van der Waals surface area contributed by atoms with Crippen LogP contribution in [0.25, 0.3) is 0 Å². The number of sulfonamides is 1. The molecule has 0 amide bonds. The summed E-state index contributed by atoms with van der Waals surface area (Å²) in [5.74, 6) is 0.498. The maximum absolute atomic E-state index is 11.7. The third-order valence-corrected chi connectivity index (χ3v) is 6.64. The number of rotatable bonds is 4. The van der Waals surface area contributed by atoms with Gasteiger partial charge in [-0.05, 0) is 38.1 Å². The Balaban J connectivity index is 1.93. The molecule has 0 N–H and O–H groups in total. The summed E-state index contributed by atoms with van der Waals surface area (Å²) in [6.45, 7) is 3.65. The highest BCUT2D eigenvalue weighted by molar-refractivity contribution is 9.09. The number of hydrogen-bond acceptors (Lipinski definition) is 3. The SMILES string of the molecule is CS(=O)(=O)N1CCCC(CN2CCCCCC2CBr)C1. The van der Waals surface area contributed by atoms with Crippen LogP contribution in [-0.2, 0) is 10.0 Å². The molecule has 2 unspecified atom stereocenters. The molecule has 0 aromatic carbocycles. The zero-order valence-electron chi connectivity index (χ0n) is 12.4. The van der Waals surface area contributed by atoms with Crippen LogP contribution in [0.4, 0.5) is 0 Å². The molecule has 0 radical (unpaired) electrons. The lowest BCUT2D eigenvalue weighted by molar-refractivity contribution is 0.149. The largest absolute Gasteiger partial charge is 0.299 e. The fourth-order valence-electron chi connectivity index (χ4n) is 3.46. The van der Waals surface area contributed by atoms with E-state index in [9.17, 15) is 8.42 Å². The summed E-state index contributed by atoms with van der Waals surface area (Å²) in [6, 6.07) is 0.631. The molecule has 0 spiro atoms. The Labute approximate surface area is 132 Å². The van der Waals surface area contributed by atoms with Gasteiger partial charge in [0.15, 0.2) is 0 Å². The fraction of sp³-hybridized carbons (Fsp3) is 1.00. The molecule has 0 aromatic rings. The van der Waals surface area contributed by atoms with Crippen molar-refractivity contribution >= 4 is 26.0 Å². The summed E-state index contributed by atoms with van der Waals surface area (Å²) in [6.07, 6.45) is 8.72. The minimum absolute atomic E-state index is 0.498. The Morgan fingerprint density at radius 1 is 1.10 bits per heavy atom. The Kier molecular flexibility index (Phi) is 6.32. The first-order valence-electron chi connectivity index (χ1n) is 7.76. The van der Waals surface area contributed by atoms with Gasteiger partial charge in [0.1, 0.15) is 0 Å². The highest BCUT2D eigenvalue weighted by Crippen LogP contribution is 2.24. The molecule has 2 fully saturated rings. The maximum Gasteiger partial charge on any atom is 0.211 e. The van der Waals surface area contributed by atoms with Crippen LogP contribution >= 0.6 is 15.9 Å². The standard InChI is InChI=1S/C14H27BrN2O2S/c1-20(18,19)17-9-5-6-13(12-17)11-16-8-4-2-3-7-14(16)10-15/h13-14H,2-12H2,1H3. The smallest absolute Gasteiger partial charge is 0.211 e. The second-order valence-electron chi connectivity index (χ2n) is 6.28. The lowest BCUT2D eigenvalue weighted by atomic mass is 9.98. The van der Waals surface area contributed by atoms with Crippen LogP contribution in [0.5, 0.6) is 0 Å². The highest BCUT2D eigenvalue weighted by atomic mass is 79.9. The first-order chi connectivity index (χ1) is 9.50. The van der Waals surface area contributed by atoms with E-state index >= 15 is 0 Å². The van der Waals surface area contributed by atoms with Crippen LogP contribution in [-0.4, -0.2) is 61.4 Å². The quantitative estimate of drug-likeness (QED) is 0.716. The van der Waals surface area contributed by atoms with Crippen LogP contribution in [0.2, 0.25) is 0 Å². The second kappa shape index (κ2) is 7.56. The fourth-order valence-corrected chi connectivity index (χ4v) is 5.14. The van der Waals surface area contributed by atoms with E-state index in [2.05, 4.69) is 20.8 Å². The van der Waals surface area contributed by atoms with Gasteiger partial charge in [0.25, 0.3) is 0 Å². The normalized spacial score (nSPS) is 31.1. The van der Waals surface area contributed by atoms with Crippen molar-refractivity contribution in [3.05, 3.63) is 0 Å².